The highest BCUT2D eigenvalue weighted by atomic mass is 16.4. The highest BCUT2D eigenvalue weighted by Gasteiger charge is 2.20. The molecule has 0 aliphatic carbocycles. The molecule has 0 saturated carbocycles. The lowest BCUT2D eigenvalue weighted by atomic mass is 10.2. The van der Waals surface area contributed by atoms with Crippen molar-refractivity contribution in [1.29, 1.82) is 0 Å². The minimum Gasteiger partial charge on any atom is -0.406 e. The summed E-state index contributed by atoms with van der Waals surface area (Å²) < 4.78 is 5.76. The average Bonchev–Trinajstić information content (AvgIpc) is 2.74. The Kier molecular flexibility index (Phi) is 5.59. The second-order valence-corrected chi connectivity index (χ2v) is 5.34. The fourth-order valence-corrected chi connectivity index (χ4v) is 1.81. The highest BCUT2D eigenvalue weighted by molar-refractivity contribution is 5.26. The van der Waals surface area contributed by atoms with Gasteiger partial charge in [0.25, 0.3) is 0 Å². The minimum absolute atomic E-state index is 0.101. The van der Waals surface area contributed by atoms with Gasteiger partial charge in [0.1, 0.15) is 0 Å². The molecular formula is C13H26N4O. The first-order chi connectivity index (χ1) is 8.45. The van der Waals surface area contributed by atoms with E-state index in [-0.39, 0.29) is 6.04 Å². The summed E-state index contributed by atoms with van der Waals surface area (Å²) in [6.45, 7) is 14.6. The molecule has 0 saturated heterocycles. The van der Waals surface area contributed by atoms with Crippen molar-refractivity contribution in [3.05, 3.63) is 5.89 Å². The maximum atomic E-state index is 5.76. The summed E-state index contributed by atoms with van der Waals surface area (Å²) in [5.74, 6) is 1.22. The molecule has 1 aromatic rings. The molecule has 5 nitrogen and oxygen atoms in total. The Morgan fingerprint density at radius 3 is 2.33 bits per heavy atom. The predicted octanol–water partition coefficient (Wildman–Crippen LogP) is 2.61. The summed E-state index contributed by atoms with van der Waals surface area (Å²) in [5, 5.41) is 11.6. The van der Waals surface area contributed by atoms with Gasteiger partial charge < -0.3 is 14.6 Å². The van der Waals surface area contributed by atoms with Crippen LogP contribution < -0.4 is 10.2 Å². The maximum absolute atomic E-state index is 5.76. The third-order valence-electron chi connectivity index (χ3n) is 2.74. The summed E-state index contributed by atoms with van der Waals surface area (Å²) in [6, 6.07) is 1.08. The van der Waals surface area contributed by atoms with E-state index < -0.39 is 0 Å². The summed E-state index contributed by atoms with van der Waals surface area (Å²) >= 11 is 0. The maximum Gasteiger partial charge on any atom is 0.318 e. The van der Waals surface area contributed by atoms with Crippen molar-refractivity contribution < 1.29 is 4.42 Å². The molecule has 0 bridgehead atoms. The molecule has 0 aromatic carbocycles. The molecule has 1 aromatic heterocycles. The van der Waals surface area contributed by atoms with Gasteiger partial charge in [-0.3, -0.25) is 0 Å². The average molecular weight is 254 g/mol. The Balaban J connectivity index is 2.80. The molecule has 0 aliphatic rings. The predicted molar refractivity (Wildman–Crippen MR) is 73.7 cm³/mol. The van der Waals surface area contributed by atoms with Crippen molar-refractivity contribution in [2.45, 2.75) is 53.6 Å². The van der Waals surface area contributed by atoms with E-state index in [0.717, 1.165) is 13.1 Å². The number of rotatable bonds is 7. The fourth-order valence-electron chi connectivity index (χ4n) is 1.81. The van der Waals surface area contributed by atoms with Crippen LogP contribution >= 0.6 is 0 Å². The van der Waals surface area contributed by atoms with E-state index >= 15 is 0 Å². The zero-order valence-corrected chi connectivity index (χ0v) is 12.4. The fraction of sp³-hybridized carbons (Fsp3) is 0.846. The number of hydrogen-bond acceptors (Lipinski definition) is 5. The van der Waals surface area contributed by atoms with Crippen LogP contribution in [0.1, 0.15) is 53.5 Å². The van der Waals surface area contributed by atoms with E-state index in [9.17, 15) is 0 Å². The molecule has 0 spiro atoms. The molecule has 1 unspecified atom stereocenters. The Hall–Kier alpha value is -1.10. The van der Waals surface area contributed by atoms with E-state index in [4.69, 9.17) is 4.42 Å². The first-order valence-electron chi connectivity index (χ1n) is 6.79. The van der Waals surface area contributed by atoms with Gasteiger partial charge in [-0.2, -0.15) is 0 Å². The van der Waals surface area contributed by atoms with E-state index in [2.05, 4.69) is 55.0 Å². The smallest absolute Gasteiger partial charge is 0.318 e. The van der Waals surface area contributed by atoms with E-state index in [0.29, 0.717) is 23.9 Å². The Morgan fingerprint density at radius 1 is 1.17 bits per heavy atom. The molecule has 1 heterocycles. The molecule has 0 aliphatic heterocycles. The Morgan fingerprint density at radius 2 is 1.83 bits per heavy atom. The lowest BCUT2D eigenvalue weighted by Crippen LogP contribution is -2.34. The molecule has 1 atom stereocenters. The zero-order chi connectivity index (χ0) is 13.7. The van der Waals surface area contributed by atoms with Gasteiger partial charge in [-0.1, -0.05) is 25.9 Å². The number of aromatic nitrogens is 2. The molecule has 0 fully saturated rings. The Labute approximate surface area is 110 Å². The quantitative estimate of drug-likeness (QED) is 0.810. The topological polar surface area (TPSA) is 54.2 Å². The van der Waals surface area contributed by atoms with Crippen molar-refractivity contribution in [1.82, 2.24) is 15.5 Å². The number of nitrogens with one attached hydrogen (secondary N) is 1. The van der Waals surface area contributed by atoms with Crippen molar-refractivity contribution in [3.63, 3.8) is 0 Å². The largest absolute Gasteiger partial charge is 0.406 e. The van der Waals surface area contributed by atoms with Gasteiger partial charge in [-0.15, -0.1) is 5.10 Å². The standard InChI is InChI=1S/C13H26N4O/c1-7-14-11(6)12-15-16-13(18-12)17(10(4)5)8-9(2)3/h9-11,14H,7-8H2,1-6H3. The summed E-state index contributed by atoms with van der Waals surface area (Å²) in [6.07, 6.45) is 0. The van der Waals surface area contributed by atoms with Crippen molar-refractivity contribution in [3.8, 4) is 0 Å². The lowest BCUT2D eigenvalue weighted by Gasteiger charge is -2.26. The van der Waals surface area contributed by atoms with Crippen LogP contribution in [-0.2, 0) is 0 Å². The third kappa shape index (κ3) is 3.98. The molecule has 0 amide bonds. The van der Waals surface area contributed by atoms with Gasteiger partial charge in [-0.25, -0.2) is 0 Å². The summed E-state index contributed by atoms with van der Waals surface area (Å²) in [5.41, 5.74) is 0. The van der Waals surface area contributed by atoms with E-state index in [1.807, 2.05) is 6.92 Å². The molecule has 104 valence electrons. The number of hydrogen-bond donors (Lipinski definition) is 1. The first kappa shape index (κ1) is 15.0. The molecule has 1 rings (SSSR count). The van der Waals surface area contributed by atoms with Gasteiger partial charge in [0.2, 0.25) is 5.89 Å². The van der Waals surface area contributed by atoms with Crippen molar-refractivity contribution in [2.75, 3.05) is 18.0 Å². The van der Waals surface area contributed by atoms with Crippen LogP contribution in [0, 0.1) is 5.92 Å². The lowest BCUT2D eigenvalue weighted by molar-refractivity contribution is 0.408. The van der Waals surface area contributed by atoms with E-state index in [1.165, 1.54) is 0 Å². The van der Waals surface area contributed by atoms with Crippen LogP contribution in [-0.4, -0.2) is 29.3 Å². The number of nitrogens with zero attached hydrogens (tertiary/aromatic N) is 3. The van der Waals surface area contributed by atoms with E-state index in [1.54, 1.807) is 0 Å². The molecule has 1 N–H and O–H groups in total. The van der Waals surface area contributed by atoms with Crippen LogP contribution in [0.2, 0.25) is 0 Å². The second-order valence-electron chi connectivity index (χ2n) is 5.34. The normalized spacial score (nSPS) is 13.3. The van der Waals surface area contributed by atoms with Crippen molar-refractivity contribution >= 4 is 6.01 Å². The second kappa shape index (κ2) is 6.73. The van der Waals surface area contributed by atoms with Crippen LogP contribution in [0.25, 0.3) is 0 Å². The van der Waals surface area contributed by atoms with Crippen LogP contribution in [0.3, 0.4) is 0 Å². The molecule has 0 radical (unpaired) electrons. The monoisotopic (exact) mass is 254 g/mol. The number of anilines is 1. The van der Waals surface area contributed by atoms with Crippen molar-refractivity contribution in [2.24, 2.45) is 5.92 Å². The van der Waals surface area contributed by atoms with Gasteiger partial charge in [0.15, 0.2) is 0 Å². The molecule has 18 heavy (non-hydrogen) atoms. The summed E-state index contributed by atoms with van der Waals surface area (Å²) in [4.78, 5) is 2.15. The first-order valence-corrected chi connectivity index (χ1v) is 6.79. The van der Waals surface area contributed by atoms with Crippen LogP contribution in [0.5, 0.6) is 0 Å². The van der Waals surface area contributed by atoms with Gasteiger partial charge in [0.05, 0.1) is 6.04 Å². The third-order valence-corrected chi connectivity index (χ3v) is 2.74. The zero-order valence-electron chi connectivity index (χ0n) is 12.4. The summed E-state index contributed by atoms with van der Waals surface area (Å²) in [7, 11) is 0. The Bertz CT molecular complexity index is 349. The van der Waals surface area contributed by atoms with Gasteiger partial charge in [0, 0.05) is 12.6 Å². The van der Waals surface area contributed by atoms with Crippen LogP contribution in [0.15, 0.2) is 4.42 Å². The minimum atomic E-state index is 0.101. The molecular weight excluding hydrogens is 228 g/mol. The van der Waals surface area contributed by atoms with Gasteiger partial charge in [-0.05, 0) is 33.2 Å². The molecule has 5 heteroatoms. The highest BCUT2D eigenvalue weighted by Crippen LogP contribution is 2.20. The van der Waals surface area contributed by atoms with Crippen LogP contribution in [0.4, 0.5) is 6.01 Å². The SMILES string of the molecule is CCNC(C)c1nnc(N(CC(C)C)C(C)C)o1. The van der Waals surface area contributed by atoms with Gasteiger partial charge >= 0.3 is 6.01 Å².